The second-order valence-corrected chi connectivity index (χ2v) is 9.14. The Labute approximate surface area is 192 Å². The van der Waals surface area contributed by atoms with E-state index in [2.05, 4.69) is 23.0 Å². The van der Waals surface area contributed by atoms with Gasteiger partial charge in [-0.1, -0.05) is 56.9 Å². The van der Waals surface area contributed by atoms with Crippen molar-refractivity contribution in [2.24, 2.45) is 0 Å². The fourth-order valence-corrected chi connectivity index (χ4v) is 4.85. The molecule has 1 aromatic rings. The highest BCUT2D eigenvalue weighted by molar-refractivity contribution is 6.10. The van der Waals surface area contributed by atoms with Crippen LogP contribution >= 0.6 is 0 Å². The van der Waals surface area contributed by atoms with Gasteiger partial charge in [0.25, 0.3) is 17.7 Å². The number of nitrogens with one attached hydrogen (secondary N) is 3. The molecule has 1 atom stereocenters. The summed E-state index contributed by atoms with van der Waals surface area (Å²) in [5.41, 5.74) is 1.71. The monoisotopic (exact) mass is 455 g/mol. The summed E-state index contributed by atoms with van der Waals surface area (Å²) < 4.78 is 0. The van der Waals surface area contributed by atoms with Crippen molar-refractivity contribution >= 4 is 29.8 Å². The van der Waals surface area contributed by atoms with Crippen molar-refractivity contribution in [1.29, 1.82) is 0 Å². The number of carbonyl (C=O) groups is 5. The zero-order valence-electron chi connectivity index (χ0n) is 18.9. The van der Waals surface area contributed by atoms with Crippen LogP contribution in [0.5, 0.6) is 0 Å². The summed E-state index contributed by atoms with van der Waals surface area (Å²) in [6.07, 6.45) is 5.56. The van der Waals surface area contributed by atoms with E-state index in [0.717, 1.165) is 42.6 Å². The molecule has 2 saturated heterocycles. The van der Waals surface area contributed by atoms with Crippen LogP contribution in [0.4, 0.5) is 9.59 Å². The maximum absolute atomic E-state index is 13.1. The van der Waals surface area contributed by atoms with E-state index in [1.807, 2.05) is 12.1 Å². The van der Waals surface area contributed by atoms with E-state index < -0.39 is 47.4 Å². The lowest BCUT2D eigenvalue weighted by molar-refractivity contribution is -0.141. The van der Waals surface area contributed by atoms with Crippen molar-refractivity contribution in [2.45, 2.75) is 69.9 Å². The first-order chi connectivity index (χ1) is 15.7. The third-order valence-corrected chi connectivity index (χ3v) is 6.75. The van der Waals surface area contributed by atoms with Crippen LogP contribution in [0, 0.1) is 0 Å². The molecule has 0 bridgehead atoms. The van der Waals surface area contributed by atoms with E-state index in [-0.39, 0.29) is 0 Å². The maximum Gasteiger partial charge on any atom is 0.344 e. The molecule has 3 aliphatic rings. The summed E-state index contributed by atoms with van der Waals surface area (Å²) in [7, 11) is 0. The smallest absolute Gasteiger partial charge is 0.322 e. The fourth-order valence-electron chi connectivity index (χ4n) is 4.85. The van der Waals surface area contributed by atoms with Gasteiger partial charge in [0.2, 0.25) is 0 Å². The molecule has 4 rings (SSSR count). The van der Waals surface area contributed by atoms with Crippen LogP contribution in [-0.2, 0) is 26.3 Å². The van der Waals surface area contributed by atoms with Crippen molar-refractivity contribution in [3.63, 3.8) is 0 Å². The number of rotatable bonds is 6. The van der Waals surface area contributed by atoms with Crippen LogP contribution in [0.1, 0.15) is 63.5 Å². The molecule has 1 aromatic carbocycles. The SMILES string of the molecule is CCCc1ccc(C2(C)NC(=O)N(CC(=O)NN3C(=O)NC4(CCCCC4)C3=O)C2=O)cc1. The van der Waals surface area contributed by atoms with E-state index >= 15 is 0 Å². The lowest BCUT2D eigenvalue weighted by Gasteiger charge is -2.30. The lowest BCUT2D eigenvalue weighted by atomic mass is 9.82. The molecule has 10 heteroatoms. The number of hydrogen-bond acceptors (Lipinski definition) is 5. The van der Waals surface area contributed by atoms with Crippen molar-refractivity contribution in [1.82, 2.24) is 26.0 Å². The number of nitrogens with zero attached hydrogens (tertiary/aromatic N) is 2. The Hall–Kier alpha value is -3.43. The first kappa shape index (κ1) is 22.8. The number of aryl methyl sites for hydroxylation is 1. The van der Waals surface area contributed by atoms with Gasteiger partial charge in [-0.15, -0.1) is 0 Å². The maximum atomic E-state index is 13.1. The highest BCUT2D eigenvalue weighted by Gasteiger charge is 2.53. The predicted octanol–water partition coefficient (Wildman–Crippen LogP) is 1.69. The van der Waals surface area contributed by atoms with Gasteiger partial charge in [0.15, 0.2) is 0 Å². The number of urea groups is 2. The molecule has 2 heterocycles. The average Bonchev–Trinajstić information content (AvgIpc) is 3.14. The minimum Gasteiger partial charge on any atom is -0.322 e. The number of benzene rings is 1. The van der Waals surface area contributed by atoms with Gasteiger partial charge in [0.05, 0.1) is 0 Å². The van der Waals surface area contributed by atoms with Gasteiger partial charge in [-0.2, -0.15) is 5.01 Å². The second-order valence-electron chi connectivity index (χ2n) is 9.14. The summed E-state index contributed by atoms with van der Waals surface area (Å²) in [6, 6.07) is 6.00. The summed E-state index contributed by atoms with van der Waals surface area (Å²) in [4.78, 5) is 64.2. The minimum absolute atomic E-state index is 0.505. The Kier molecular flexibility index (Phi) is 5.85. The third-order valence-electron chi connectivity index (χ3n) is 6.75. The minimum atomic E-state index is -1.31. The molecule has 7 amide bonds. The molecule has 1 spiro atoms. The molecular formula is C23H29N5O5. The van der Waals surface area contributed by atoms with Crippen LogP contribution in [0.25, 0.3) is 0 Å². The standard InChI is InChI=1S/C23H29N5O5/c1-3-7-15-8-10-16(11-9-15)22(2)18(30)27(20(32)24-22)14-17(29)26-28-19(31)23(25-21(28)33)12-5-4-6-13-23/h8-11H,3-7,12-14H2,1-2H3,(H,24,32)(H,25,33)(H,26,29). The van der Waals surface area contributed by atoms with Crippen LogP contribution in [0.15, 0.2) is 24.3 Å². The Morgan fingerprint density at radius 2 is 1.64 bits per heavy atom. The summed E-state index contributed by atoms with van der Waals surface area (Å²) in [6.45, 7) is 3.05. The fraction of sp³-hybridized carbons (Fsp3) is 0.522. The van der Waals surface area contributed by atoms with E-state index in [4.69, 9.17) is 0 Å². The molecule has 33 heavy (non-hydrogen) atoms. The van der Waals surface area contributed by atoms with Gasteiger partial charge < -0.3 is 10.6 Å². The molecule has 10 nitrogen and oxygen atoms in total. The van der Waals surface area contributed by atoms with Gasteiger partial charge in [-0.25, -0.2) is 9.59 Å². The van der Waals surface area contributed by atoms with Crippen molar-refractivity contribution in [3.8, 4) is 0 Å². The van der Waals surface area contributed by atoms with Crippen molar-refractivity contribution < 1.29 is 24.0 Å². The van der Waals surface area contributed by atoms with Crippen molar-refractivity contribution in [2.75, 3.05) is 6.54 Å². The van der Waals surface area contributed by atoms with Crippen LogP contribution in [0.2, 0.25) is 0 Å². The second kappa shape index (κ2) is 8.49. The van der Waals surface area contributed by atoms with E-state index in [9.17, 15) is 24.0 Å². The molecule has 3 fully saturated rings. The third kappa shape index (κ3) is 3.94. The normalized spacial score (nSPS) is 24.3. The van der Waals surface area contributed by atoms with Crippen LogP contribution < -0.4 is 16.1 Å². The molecule has 1 unspecified atom stereocenters. The highest BCUT2D eigenvalue weighted by Crippen LogP contribution is 2.33. The van der Waals surface area contributed by atoms with Crippen LogP contribution in [-0.4, -0.2) is 51.8 Å². The number of amides is 7. The summed E-state index contributed by atoms with van der Waals surface area (Å²) in [5, 5.41) is 6.02. The molecular weight excluding hydrogens is 426 g/mol. The quantitative estimate of drug-likeness (QED) is 0.563. The topological polar surface area (TPSA) is 128 Å². The zero-order chi connectivity index (χ0) is 23.8. The van der Waals surface area contributed by atoms with Gasteiger partial charge in [-0.3, -0.25) is 24.7 Å². The van der Waals surface area contributed by atoms with E-state index in [1.165, 1.54) is 0 Å². The van der Waals surface area contributed by atoms with Gasteiger partial charge in [0.1, 0.15) is 17.6 Å². The molecule has 1 aliphatic carbocycles. The Balaban J connectivity index is 1.43. The molecule has 0 radical (unpaired) electrons. The first-order valence-corrected chi connectivity index (χ1v) is 11.4. The summed E-state index contributed by atoms with van der Waals surface area (Å²) >= 11 is 0. The first-order valence-electron chi connectivity index (χ1n) is 11.4. The molecule has 0 aromatic heterocycles. The van der Waals surface area contributed by atoms with Crippen molar-refractivity contribution in [3.05, 3.63) is 35.4 Å². The van der Waals surface area contributed by atoms with Gasteiger partial charge in [-0.05, 0) is 37.3 Å². The Morgan fingerprint density at radius 1 is 0.970 bits per heavy atom. The number of imide groups is 2. The Morgan fingerprint density at radius 3 is 2.27 bits per heavy atom. The molecule has 1 saturated carbocycles. The predicted molar refractivity (Wildman–Crippen MR) is 117 cm³/mol. The van der Waals surface area contributed by atoms with Crippen LogP contribution in [0.3, 0.4) is 0 Å². The number of hydrogen-bond donors (Lipinski definition) is 3. The summed E-state index contributed by atoms with van der Waals surface area (Å²) in [5.74, 6) is -1.89. The molecule has 2 aliphatic heterocycles. The zero-order valence-corrected chi connectivity index (χ0v) is 18.9. The largest absolute Gasteiger partial charge is 0.344 e. The molecule has 176 valence electrons. The number of hydrazine groups is 1. The highest BCUT2D eigenvalue weighted by atomic mass is 16.2. The van der Waals surface area contributed by atoms with E-state index in [1.54, 1.807) is 19.1 Å². The molecule has 3 N–H and O–H groups in total. The average molecular weight is 456 g/mol. The van der Waals surface area contributed by atoms with Gasteiger partial charge in [0, 0.05) is 0 Å². The lowest BCUT2D eigenvalue weighted by Crippen LogP contribution is -2.53. The Bertz CT molecular complexity index is 1000. The van der Waals surface area contributed by atoms with Gasteiger partial charge >= 0.3 is 12.1 Å². The number of carbonyl (C=O) groups excluding carboxylic acids is 5. The van der Waals surface area contributed by atoms with E-state index in [0.29, 0.717) is 23.4 Å².